The Morgan fingerprint density at radius 1 is 1.57 bits per heavy atom. The number of aromatic nitrogens is 4. The largest absolute Gasteiger partial charge is 0.381 e. The molecule has 2 aromatic rings. The number of rotatable bonds is 4. The molecule has 114 valence electrons. The molecule has 0 aromatic carbocycles. The van der Waals surface area contributed by atoms with E-state index in [1.54, 1.807) is 10.7 Å². The molecule has 9 nitrogen and oxygen atoms in total. The third-order valence-electron chi connectivity index (χ3n) is 3.29. The van der Waals surface area contributed by atoms with Gasteiger partial charge in [-0.3, -0.25) is 4.57 Å². The summed E-state index contributed by atoms with van der Waals surface area (Å²) in [5.41, 5.74) is 7.01. The molecule has 3 atom stereocenters. The Morgan fingerprint density at radius 2 is 2.38 bits per heavy atom. The standard InChI is InChI=1S/C11H16N5O4P/c1-21(17,18)19-5-7-2-3-9(20-7)8-4-13-11-10(12)14-6-15-16(8)11/h4,6-7,9H,2-3,5H2,1H3,(H,17,18)(H2,12,14,15)/t7-,9+/m0/s1. The zero-order valence-electron chi connectivity index (χ0n) is 11.4. The fourth-order valence-corrected chi connectivity index (χ4v) is 2.78. The van der Waals surface area contributed by atoms with E-state index in [2.05, 4.69) is 15.1 Å². The van der Waals surface area contributed by atoms with Gasteiger partial charge in [-0.05, 0) is 12.8 Å². The monoisotopic (exact) mass is 313 g/mol. The fourth-order valence-electron chi connectivity index (χ4n) is 2.34. The normalized spacial score (nSPS) is 25.2. The van der Waals surface area contributed by atoms with Gasteiger partial charge in [-0.25, -0.2) is 14.5 Å². The quantitative estimate of drug-likeness (QED) is 0.792. The summed E-state index contributed by atoms with van der Waals surface area (Å²) in [5.74, 6) is 0.307. The molecular weight excluding hydrogens is 297 g/mol. The molecular formula is C11H16N5O4P. The van der Waals surface area contributed by atoms with Crippen LogP contribution in [-0.2, 0) is 13.8 Å². The summed E-state index contributed by atoms with van der Waals surface area (Å²) in [6.07, 6.45) is 4.09. The van der Waals surface area contributed by atoms with Gasteiger partial charge in [-0.2, -0.15) is 5.10 Å². The first-order chi connectivity index (χ1) is 9.94. The summed E-state index contributed by atoms with van der Waals surface area (Å²) in [6, 6.07) is 0. The second-order valence-electron chi connectivity index (χ2n) is 4.99. The van der Waals surface area contributed by atoms with Crippen LogP contribution in [0.5, 0.6) is 0 Å². The third kappa shape index (κ3) is 3.06. The summed E-state index contributed by atoms with van der Waals surface area (Å²) in [7, 11) is -3.48. The second kappa shape index (κ2) is 5.34. The lowest BCUT2D eigenvalue weighted by atomic mass is 10.1. The molecule has 1 saturated heterocycles. The average Bonchev–Trinajstić information content (AvgIpc) is 3.02. The molecule has 3 N–H and O–H groups in total. The van der Waals surface area contributed by atoms with Gasteiger partial charge in [0, 0.05) is 6.66 Å². The zero-order chi connectivity index (χ0) is 15.0. The molecule has 0 amide bonds. The van der Waals surface area contributed by atoms with Crippen LogP contribution in [0, 0.1) is 0 Å². The maximum absolute atomic E-state index is 11.1. The number of nitrogen functional groups attached to an aromatic ring is 1. The van der Waals surface area contributed by atoms with Crippen LogP contribution in [0.1, 0.15) is 24.6 Å². The minimum atomic E-state index is -3.48. The van der Waals surface area contributed by atoms with Gasteiger partial charge in [0.15, 0.2) is 11.5 Å². The van der Waals surface area contributed by atoms with E-state index in [0.717, 1.165) is 25.2 Å². The van der Waals surface area contributed by atoms with E-state index in [0.29, 0.717) is 11.5 Å². The molecule has 1 fully saturated rings. The predicted molar refractivity (Wildman–Crippen MR) is 73.7 cm³/mol. The highest BCUT2D eigenvalue weighted by molar-refractivity contribution is 7.51. The number of hydrogen-bond donors (Lipinski definition) is 2. The minimum Gasteiger partial charge on any atom is -0.381 e. The minimum absolute atomic E-state index is 0.0919. The Bertz CT molecular complexity index is 699. The first kappa shape index (κ1) is 14.4. The highest BCUT2D eigenvalue weighted by Gasteiger charge is 2.30. The van der Waals surface area contributed by atoms with Gasteiger partial charge in [0.1, 0.15) is 12.4 Å². The van der Waals surface area contributed by atoms with Crippen molar-refractivity contribution in [1.29, 1.82) is 0 Å². The van der Waals surface area contributed by atoms with Gasteiger partial charge < -0.3 is 19.9 Å². The SMILES string of the molecule is CP(=O)(O)OC[C@@H]1CC[C@H](c2cnc3c(N)ncnn23)O1. The number of hydrogen-bond acceptors (Lipinski definition) is 7. The molecule has 21 heavy (non-hydrogen) atoms. The number of ether oxygens (including phenoxy) is 1. The molecule has 0 radical (unpaired) electrons. The zero-order valence-corrected chi connectivity index (χ0v) is 12.3. The van der Waals surface area contributed by atoms with Crippen LogP contribution in [0.4, 0.5) is 5.82 Å². The molecule has 3 rings (SSSR count). The number of fused-ring (bicyclic) bond motifs is 1. The van der Waals surface area contributed by atoms with Crippen molar-refractivity contribution in [3.63, 3.8) is 0 Å². The summed E-state index contributed by atoms with van der Waals surface area (Å²) in [5, 5.41) is 4.12. The van der Waals surface area contributed by atoms with Crippen LogP contribution in [-0.4, -0.2) is 43.9 Å². The maximum Gasteiger partial charge on any atom is 0.325 e. The second-order valence-corrected chi connectivity index (χ2v) is 6.85. The average molecular weight is 313 g/mol. The molecule has 1 aliphatic rings. The van der Waals surface area contributed by atoms with Crippen molar-refractivity contribution in [2.45, 2.75) is 25.0 Å². The van der Waals surface area contributed by atoms with E-state index in [1.807, 2.05) is 0 Å². The van der Waals surface area contributed by atoms with Gasteiger partial charge in [-0.1, -0.05) is 0 Å². The smallest absolute Gasteiger partial charge is 0.325 e. The molecule has 10 heteroatoms. The van der Waals surface area contributed by atoms with E-state index in [4.69, 9.17) is 19.9 Å². The maximum atomic E-state index is 11.1. The Kier molecular flexibility index (Phi) is 3.66. The van der Waals surface area contributed by atoms with Crippen molar-refractivity contribution in [3.05, 3.63) is 18.2 Å². The molecule has 1 aliphatic heterocycles. The first-order valence-electron chi connectivity index (χ1n) is 6.48. The van der Waals surface area contributed by atoms with Crippen molar-refractivity contribution in [2.24, 2.45) is 0 Å². The summed E-state index contributed by atoms with van der Waals surface area (Å²) in [6.45, 7) is 1.25. The molecule has 0 bridgehead atoms. The fraction of sp³-hybridized carbons (Fsp3) is 0.545. The highest BCUT2D eigenvalue weighted by atomic mass is 31.2. The number of imidazole rings is 1. The van der Waals surface area contributed by atoms with Crippen LogP contribution in [0.2, 0.25) is 0 Å². The van der Waals surface area contributed by atoms with E-state index in [1.165, 1.54) is 6.33 Å². The van der Waals surface area contributed by atoms with Crippen molar-refractivity contribution < 1.29 is 18.7 Å². The van der Waals surface area contributed by atoms with E-state index < -0.39 is 7.60 Å². The molecule has 0 aliphatic carbocycles. The Morgan fingerprint density at radius 3 is 3.14 bits per heavy atom. The van der Waals surface area contributed by atoms with Crippen LogP contribution in [0.3, 0.4) is 0 Å². The lowest BCUT2D eigenvalue weighted by molar-refractivity contribution is 0.0126. The highest BCUT2D eigenvalue weighted by Crippen LogP contribution is 2.39. The molecule has 0 saturated carbocycles. The lowest BCUT2D eigenvalue weighted by Crippen LogP contribution is -2.14. The van der Waals surface area contributed by atoms with E-state index >= 15 is 0 Å². The van der Waals surface area contributed by atoms with Crippen LogP contribution >= 0.6 is 7.60 Å². The number of nitrogens with two attached hydrogens (primary N) is 1. The van der Waals surface area contributed by atoms with Gasteiger partial charge in [0.25, 0.3) is 0 Å². The van der Waals surface area contributed by atoms with Gasteiger partial charge in [0.05, 0.1) is 24.6 Å². The lowest BCUT2D eigenvalue weighted by Gasteiger charge is -2.14. The van der Waals surface area contributed by atoms with E-state index in [9.17, 15) is 4.57 Å². The summed E-state index contributed by atoms with van der Waals surface area (Å²) >= 11 is 0. The first-order valence-corrected chi connectivity index (χ1v) is 8.51. The Hall–Kier alpha value is -1.54. The Labute approximate surface area is 120 Å². The third-order valence-corrected chi connectivity index (χ3v) is 3.92. The van der Waals surface area contributed by atoms with Crippen molar-refractivity contribution in [1.82, 2.24) is 19.6 Å². The topological polar surface area (TPSA) is 125 Å². The van der Waals surface area contributed by atoms with Crippen molar-refractivity contribution >= 4 is 19.1 Å². The van der Waals surface area contributed by atoms with E-state index in [-0.39, 0.29) is 18.8 Å². The van der Waals surface area contributed by atoms with Gasteiger partial charge in [0.2, 0.25) is 0 Å². The predicted octanol–water partition coefficient (Wildman–Crippen LogP) is 0.758. The summed E-state index contributed by atoms with van der Waals surface area (Å²) < 4.78 is 23.5. The van der Waals surface area contributed by atoms with Gasteiger partial charge >= 0.3 is 7.60 Å². The number of anilines is 1. The van der Waals surface area contributed by atoms with Crippen LogP contribution < -0.4 is 5.73 Å². The Balaban J connectivity index is 1.73. The van der Waals surface area contributed by atoms with Crippen LogP contribution in [0.25, 0.3) is 5.65 Å². The number of nitrogens with zero attached hydrogens (tertiary/aromatic N) is 4. The van der Waals surface area contributed by atoms with Crippen molar-refractivity contribution in [3.8, 4) is 0 Å². The van der Waals surface area contributed by atoms with Crippen LogP contribution in [0.15, 0.2) is 12.5 Å². The molecule has 3 heterocycles. The van der Waals surface area contributed by atoms with Crippen molar-refractivity contribution in [2.75, 3.05) is 19.0 Å². The molecule has 0 spiro atoms. The van der Waals surface area contributed by atoms with Gasteiger partial charge in [-0.15, -0.1) is 0 Å². The molecule has 2 aromatic heterocycles. The summed E-state index contributed by atoms with van der Waals surface area (Å²) in [4.78, 5) is 17.2. The molecule has 1 unspecified atom stereocenters.